The minimum absolute atomic E-state index is 0.00542. The van der Waals surface area contributed by atoms with E-state index in [9.17, 15) is 22.5 Å². The number of ether oxygens (including phenoxy) is 1. The molecule has 0 amide bonds. The Morgan fingerprint density at radius 1 is 1.07 bits per heavy atom. The van der Waals surface area contributed by atoms with Crippen molar-refractivity contribution in [1.29, 1.82) is 5.26 Å². The molecule has 0 aliphatic carbocycles. The lowest BCUT2D eigenvalue weighted by Crippen LogP contribution is -2.14. The van der Waals surface area contributed by atoms with Gasteiger partial charge in [0, 0.05) is 0 Å². The van der Waals surface area contributed by atoms with Crippen LogP contribution in [0.4, 0.5) is 14.6 Å². The van der Waals surface area contributed by atoms with Crippen LogP contribution >= 0.6 is 0 Å². The van der Waals surface area contributed by atoms with Gasteiger partial charge >= 0.3 is 0 Å². The Morgan fingerprint density at radius 3 is 2.54 bits per heavy atom. The summed E-state index contributed by atoms with van der Waals surface area (Å²) in [6, 6.07) is 11.9. The monoisotopic (exact) mass is 401 g/mol. The number of rotatable bonds is 5. The molecule has 1 N–H and O–H groups in total. The summed E-state index contributed by atoms with van der Waals surface area (Å²) >= 11 is 0. The second kappa shape index (κ2) is 7.62. The second-order valence-corrected chi connectivity index (χ2v) is 7.46. The maximum atomic E-state index is 13.9. The fourth-order valence-electron chi connectivity index (χ4n) is 2.29. The van der Waals surface area contributed by atoms with Crippen molar-refractivity contribution in [3.05, 3.63) is 77.5 Å². The number of hydrogen-bond donors (Lipinski definition) is 1. The van der Waals surface area contributed by atoms with E-state index in [1.807, 2.05) is 6.07 Å². The summed E-state index contributed by atoms with van der Waals surface area (Å²) < 4.78 is 59.3. The van der Waals surface area contributed by atoms with Gasteiger partial charge in [0.25, 0.3) is 10.0 Å². The van der Waals surface area contributed by atoms with Gasteiger partial charge in [-0.2, -0.15) is 5.26 Å². The number of nitrogens with zero attached hydrogens (tertiary/aromatic N) is 2. The lowest BCUT2D eigenvalue weighted by Gasteiger charge is -2.11. The summed E-state index contributed by atoms with van der Waals surface area (Å²) in [4.78, 5) is 3.40. The predicted molar refractivity (Wildman–Crippen MR) is 97.4 cm³/mol. The molecule has 0 bridgehead atoms. The summed E-state index contributed by atoms with van der Waals surface area (Å²) in [7, 11) is -4.08. The average molecular weight is 401 g/mol. The van der Waals surface area contributed by atoms with E-state index in [2.05, 4.69) is 9.71 Å². The first kappa shape index (κ1) is 19.3. The number of pyridine rings is 1. The van der Waals surface area contributed by atoms with E-state index >= 15 is 0 Å². The first-order valence-corrected chi connectivity index (χ1v) is 9.39. The molecule has 0 atom stereocenters. The summed E-state index contributed by atoms with van der Waals surface area (Å²) in [5.41, 5.74) is 0.654. The minimum atomic E-state index is -4.08. The van der Waals surface area contributed by atoms with Gasteiger partial charge in [-0.3, -0.25) is 4.72 Å². The molecule has 3 rings (SSSR count). The summed E-state index contributed by atoms with van der Waals surface area (Å²) in [5.74, 6) is -1.39. The van der Waals surface area contributed by atoms with E-state index < -0.39 is 21.7 Å². The van der Waals surface area contributed by atoms with Gasteiger partial charge in [0.05, 0.1) is 16.7 Å². The van der Waals surface area contributed by atoms with Gasteiger partial charge in [-0.15, -0.1) is 0 Å². The van der Waals surface area contributed by atoms with Gasteiger partial charge in [-0.05, 0) is 55.0 Å². The van der Waals surface area contributed by atoms with Gasteiger partial charge in [0.1, 0.15) is 23.5 Å². The molecule has 28 heavy (non-hydrogen) atoms. The van der Waals surface area contributed by atoms with Crippen LogP contribution in [-0.4, -0.2) is 13.4 Å². The highest BCUT2D eigenvalue weighted by atomic mass is 32.2. The molecule has 0 saturated heterocycles. The Morgan fingerprint density at radius 2 is 1.86 bits per heavy atom. The number of hydrogen-bond acceptors (Lipinski definition) is 5. The van der Waals surface area contributed by atoms with Crippen molar-refractivity contribution >= 4 is 15.8 Å². The molecule has 0 radical (unpaired) electrons. The fraction of sp³-hybridized carbons (Fsp3) is 0.0526. The summed E-state index contributed by atoms with van der Waals surface area (Å²) in [5, 5.41) is 9.34. The molecule has 1 aromatic heterocycles. The predicted octanol–water partition coefficient (Wildman–Crippen LogP) is 4.13. The molecular weight excluding hydrogens is 388 g/mol. The highest BCUT2D eigenvalue weighted by Crippen LogP contribution is 2.30. The van der Waals surface area contributed by atoms with Crippen molar-refractivity contribution in [3.8, 4) is 17.6 Å². The third-order valence-electron chi connectivity index (χ3n) is 3.65. The van der Waals surface area contributed by atoms with Gasteiger partial charge in [-0.25, -0.2) is 22.2 Å². The molecule has 0 aliphatic rings. The smallest absolute Gasteiger partial charge is 0.263 e. The maximum Gasteiger partial charge on any atom is 0.263 e. The van der Waals surface area contributed by atoms with E-state index in [1.54, 1.807) is 13.0 Å². The first-order chi connectivity index (χ1) is 13.3. The zero-order valence-electron chi connectivity index (χ0n) is 14.5. The number of halogens is 2. The summed E-state index contributed by atoms with van der Waals surface area (Å²) in [6.07, 6.45) is 0.867. The zero-order valence-corrected chi connectivity index (χ0v) is 15.3. The van der Waals surface area contributed by atoms with Crippen molar-refractivity contribution in [1.82, 2.24) is 4.98 Å². The van der Waals surface area contributed by atoms with Crippen molar-refractivity contribution in [3.63, 3.8) is 0 Å². The van der Waals surface area contributed by atoms with E-state index in [0.717, 1.165) is 30.0 Å². The van der Waals surface area contributed by atoms with Crippen LogP contribution in [-0.2, 0) is 10.0 Å². The molecule has 0 aliphatic heterocycles. The Labute approximate surface area is 160 Å². The van der Waals surface area contributed by atoms with E-state index in [1.165, 1.54) is 24.3 Å². The topological polar surface area (TPSA) is 92.1 Å². The highest BCUT2D eigenvalue weighted by Gasteiger charge is 2.18. The second-order valence-electron chi connectivity index (χ2n) is 5.77. The van der Waals surface area contributed by atoms with E-state index in [-0.39, 0.29) is 27.8 Å². The zero-order chi connectivity index (χ0) is 20.3. The molecule has 0 spiro atoms. The Balaban J connectivity index is 1.91. The van der Waals surface area contributed by atoms with Crippen LogP contribution < -0.4 is 9.46 Å². The molecule has 6 nitrogen and oxygen atoms in total. The van der Waals surface area contributed by atoms with Gasteiger partial charge in [-0.1, -0.05) is 6.07 Å². The molecule has 0 unspecified atom stereocenters. The van der Waals surface area contributed by atoms with Gasteiger partial charge in [0.15, 0.2) is 11.6 Å². The van der Waals surface area contributed by atoms with Crippen LogP contribution in [0.25, 0.3) is 0 Å². The average Bonchev–Trinajstić information content (AvgIpc) is 2.66. The number of anilines is 1. The molecule has 2 aromatic carbocycles. The molecule has 3 aromatic rings. The normalized spacial score (nSPS) is 10.9. The van der Waals surface area contributed by atoms with Crippen molar-refractivity contribution in [2.45, 2.75) is 11.8 Å². The van der Waals surface area contributed by atoms with Crippen molar-refractivity contribution in [2.24, 2.45) is 0 Å². The van der Waals surface area contributed by atoms with Crippen molar-refractivity contribution in [2.75, 3.05) is 4.72 Å². The lowest BCUT2D eigenvalue weighted by molar-refractivity contribution is 0.440. The first-order valence-electron chi connectivity index (χ1n) is 7.91. The van der Waals surface area contributed by atoms with Crippen LogP contribution in [0.3, 0.4) is 0 Å². The van der Waals surface area contributed by atoms with E-state index in [0.29, 0.717) is 0 Å². The van der Waals surface area contributed by atoms with Crippen LogP contribution in [0.5, 0.6) is 11.5 Å². The van der Waals surface area contributed by atoms with Gasteiger partial charge in [0.2, 0.25) is 0 Å². The van der Waals surface area contributed by atoms with Crippen LogP contribution in [0.2, 0.25) is 0 Å². The molecule has 0 saturated carbocycles. The molecule has 1 heterocycles. The molecule has 9 heteroatoms. The number of benzene rings is 2. The molecule has 142 valence electrons. The maximum absolute atomic E-state index is 13.9. The number of sulfonamides is 1. The summed E-state index contributed by atoms with van der Waals surface area (Å²) in [6.45, 7) is 1.75. The Kier molecular flexibility index (Phi) is 5.24. The number of nitriles is 1. The van der Waals surface area contributed by atoms with Crippen LogP contribution in [0, 0.1) is 29.9 Å². The van der Waals surface area contributed by atoms with Crippen molar-refractivity contribution < 1.29 is 21.9 Å². The van der Waals surface area contributed by atoms with Gasteiger partial charge < -0.3 is 4.74 Å². The molecular formula is C19H13F2N3O3S. The van der Waals surface area contributed by atoms with Crippen LogP contribution in [0.1, 0.15) is 11.1 Å². The molecule has 0 fully saturated rings. The largest absolute Gasteiger partial charge is 0.453 e. The third kappa shape index (κ3) is 4.24. The SMILES string of the molecule is Cc1ccc(F)c(Oc2ccc(S(=O)(=O)Nc3ccc(F)cn3)cc2C#N)c1. The van der Waals surface area contributed by atoms with E-state index in [4.69, 9.17) is 4.74 Å². The quantitative estimate of drug-likeness (QED) is 0.694. The number of aryl methyl sites for hydroxylation is 1. The third-order valence-corrected chi connectivity index (χ3v) is 5.01. The number of nitrogens with one attached hydrogen (secondary N) is 1. The Bertz CT molecular complexity index is 1170. The standard InChI is InChI=1S/C19H13F2N3O3S/c1-12-2-5-16(21)18(8-12)27-17-6-4-15(9-13(17)10-22)28(25,26)24-19-7-3-14(20)11-23-19/h2-9,11H,1H3,(H,23,24). The Hall–Kier alpha value is -3.51. The highest BCUT2D eigenvalue weighted by molar-refractivity contribution is 7.92. The number of aromatic nitrogens is 1. The minimum Gasteiger partial charge on any atom is -0.453 e. The fourth-order valence-corrected chi connectivity index (χ4v) is 3.33. The lowest BCUT2D eigenvalue weighted by atomic mass is 10.2. The van der Waals surface area contributed by atoms with Crippen LogP contribution in [0.15, 0.2) is 59.6 Å².